The molecule has 0 radical (unpaired) electrons. The summed E-state index contributed by atoms with van der Waals surface area (Å²) in [6.07, 6.45) is 11.7. The van der Waals surface area contributed by atoms with E-state index in [1.165, 1.54) is 31.7 Å². The minimum Gasteiger partial charge on any atom is -0.328 e. The predicted octanol–water partition coefficient (Wildman–Crippen LogP) is 5.63. The molecule has 0 bridgehead atoms. The van der Waals surface area contributed by atoms with E-state index in [0.29, 0.717) is 5.56 Å². The molecule has 3 heteroatoms. The molecular formula is C18H23F2U-. The monoisotopic (exact) mass is 517 g/mol. The molecule has 3 rings (SSSR count). The van der Waals surface area contributed by atoms with E-state index in [-0.39, 0.29) is 43.1 Å². The van der Waals surface area contributed by atoms with Crippen LogP contribution in [0.25, 0.3) is 0 Å². The standard InChI is InChI=1S/C18H23F2.U/c19-17-8-4-7-16(18(17)20)15-11-9-14(10-12-15)13-5-2-1-3-6-13;/h1,4,7-8,13-15H,2-3,5-6,9-12H2;/q-1;/i8T;. The maximum absolute atomic E-state index is 14.0. The van der Waals surface area contributed by atoms with Crippen LogP contribution in [-0.4, -0.2) is 0 Å². The van der Waals surface area contributed by atoms with Crippen molar-refractivity contribution in [3.8, 4) is 0 Å². The van der Waals surface area contributed by atoms with E-state index in [1.54, 1.807) is 6.07 Å². The molecule has 0 amide bonds. The normalized spacial score (nSPS) is 27.8. The molecule has 0 aromatic heterocycles. The van der Waals surface area contributed by atoms with Gasteiger partial charge in [-0.05, 0) is 55.0 Å². The van der Waals surface area contributed by atoms with Gasteiger partial charge in [0.15, 0.2) is 11.6 Å². The van der Waals surface area contributed by atoms with Crippen molar-refractivity contribution in [1.29, 1.82) is 0 Å². The van der Waals surface area contributed by atoms with E-state index in [1.807, 2.05) is 0 Å². The first-order valence-electron chi connectivity index (χ1n) is 8.43. The van der Waals surface area contributed by atoms with Crippen LogP contribution in [0.2, 0.25) is 0 Å². The number of hydrogen-bond donors (Lipinski definition) is 0. The first-order valence-corrected chi connectivity index (χ1v) is 7.93. The second-order valence-electron chi connectivity index (χ2n) is 6.38. The third-order valence-electron chi connectivity index (χ3n) is 5.28. The van der Waals surface area contributed by atoms with Gasteiger partial charge in [0.05, 0.1) is 1.37 Å². The van der Waals surface area contributed by atoms with Gasteiger partial charge < -0.3 is 6.42 Å². The summed E-state index contributed by atoms with van der Waals surface area (Å²) in [6.45, 7) is 0. The third kappa shape index (κ3) is 4.11. The molecule has 0 N–H and O–H groups in total. The van der Waals surface area contributed by atoms with E-state index < -0.39 is 11.6 Å². The first kappa shape index (κ1) is 16.0. The molecule has 2 aliphatic carbocycles. The SMILES string of the molecule is [3H]c1ccc(C2CCC(C3CC[CH-]CC3)CC2)c(F)c1F.[U]. The Hall–Kier alpha value is 0.132. The molecule has 0 spiro atoms. The molecule has 0 saturated heterocycles. The van der Waals surface area contributed by atoms with Gasteiger partial charge in [0.25, 0.3) is 0 Å². The third-order valence-corrected chi connectivity index (χ3v) is 5.28. The summed E-state index contributed by atoms with van der Waals surface area (Å²) in [5.41, 5.74) is 0.485. The van der Waals surface area contributed by atoms with Crippen LogP contribution < -0.4 is 0 Å². The fourth-order valence-electron chi connectivity index (χ4n) is 4.11. The number of rotatable bonds is 2. The van der Waals surface area contributed by atoms with Gasteiger partial charge in [0.1, 0.15) is 0 Å². The topological polar surface area (TPSA) is 0 Å². The molecule has 0 nitrogen and oxygen atoms in total. The Morgan fingerprint density at radius 1 is 1.00 bits per heavy atom. The van der Waals surface area contributed by atoms with E-state index in [9.17, 15) is 8.78 Å². The summed E-state index contributed by atoms with van der Waals surface area (Å²) >= 11 is 0. The zero-order chi connectivity index (χ0) is 14.8. The Morgan fingerprint density at radius 2 is 1.62 bits per heavy atom. The molecule has 2 fully saturated rings. The minimum atomic E-state index is -0.988. The van der Waals surface area contributed by atoms with Crippen LogP contribution >= 0.6 is 0 Å². The Balaban J connectivity index is 0.00000176. The van der Waals surface area contributed by atoms with Gasteiger partial charge >= 0.3 is 0 Å². The van der Waals surface area contributed by atoms with E-state index in [2.05, 4.69) is 6.42 Å². The van der Waals surface area contributed by atoms with Gasteiger partial charge in [0.2, 0.25) is 0 Å². The largest absolute Gasteiger partial charge is 0.328 e. The van der Waals surface area contributed by atoms with Crippen molar-refractivity contribution in [3.63, 3.8) is 0 Å². The van der Waals surface area contributed by atoms with Gasteiger partial charge in [-0.15, -0.1) is 0 Å². The number of halogens is 2. The zero-order valence-corrected chi connectivity index (χ0v) is 16.5. The molecular weight excluding hydrogens is 492 g/mol. The van der Waals surface area contributed by atoms with Crippen molar-refractivity contribution in [2.75, 3.05) is 0 Å². The molecule has 114 valence electrons. The first-order chi connectivity index (χ1) is 10.2. The van der Waals surface area contributed by atoms with Crippen LogP contribution in [0, 0.1) is 61.0 Å². The molecule has 21 heavy (non-hydrogen) atoms. The summed E-state index contributed by atoms with van der Waals surface area (Å²) in [4.78, 5) is 0. The van der Waals surface area contributed by atoms with Gasteiger partial charge in [-0.2, -0.15) is 12.8 Å². The molecule has 0 heterocycles. The average Bonchev–Trinajstić information content (AvgIpc) is 2.54. The van der Waals surface area contributed by atoms with E-state index in [4.69, 9.17) is 1.37 Å². The molecule has 1 aromatic carbocycles. The number of hydrogen-bond acceptors (Lipinski definition) is 0. The maximum atomic E-state index is 14.0. The van der Waals surface area contributed by atoms with Gasteiger partial charge in [-0.25, -0.2) is 8.78 Å². The van der Waals surface area contributed by atoms with Crippen molar-refractivity contribution in [2.45, 2.75) is 57.3 Å². The Labute approximate surface area is 151 Å². The van der Waals surface area contributed by atoms with Crippen LogP contribution in [0.3, 0.4) is 0 Å². The Morgan fingerprint density at radius 3 is 2.29 bits per heavy atom. The summed E-state index contributed by atoms with van der Waals surface area (Å²) in [7, 11) is 0. The van der Waals surface area contributed by atoms with Gasteiger partial charge in [0, 0.05) is 31.1 Å². The fourth-order valence-corrected chi connectivity index (χ4v) is 4.11. The maximum Gasteiger partial charge on any atom is 0.162 e. The molecule has 0 atom stereocenters. The van der Waals surface area contributed by atoms with Crippen LogP contribution in [0.5, 0.6) is 0 Å². The van der Waals surface area contributed by atoms with Crippen molar-refractivity contribution < 1.29 is 41.3 Å². The van der Waals surface area contributed by atoms with Crippen LogP contribution in [0.4, 0.5) is 8.78 Å². The molecule has 1 aromatic rings. The van der Waals surface area contributed by atoms with Crippen molar-refractivity contribution in [1.82, 2.24) is 0 Å². The summed E-state index contributed by atoms with van der Waals surface area (Å²) < 4.78 is 34.9. The second kappa shape index (κ2) is 8.12. The van der Waals surface area contributed by atoms with Crippen LogP contribution in [-0.2, 0) is 0 Å². The smallest absolute Gasteiger partial charge is 0.162 e. The summed E-state index contributed by atoms with van der Waals surface area (Å²) in [6, 6.07) is 2.65. The van der Waals surface area contributed by atoms with Crippen molar-refractivity contribution in [3.05, 3.63) is 41.8 Å². The number of benzene rings is 1. The van der Waals surface area contributed by atoms with Crippen molar-refractivity contribution >= 4 is 0 Å². The molecule has 0 unspecified atom stereocenters. The average molecular weight is 517 g/mol. The minimum absolute atomic E-state index is 0. The van der Waals surface area contributed by atoms with Gasteiger partial charge in [-0.1, -0.05) is 25.0 Å². The van der Waals surface area contributed by atoms with E-state index >= 15 is 0 Å². The quantitative estimate of drug-likeness (QED) is 0.446. The van der Waals surface area contributed by atoms with E-state index in [0.717, 1.165) is 37.5 Å². The van der Waals surface area contributed by atoms with Crippen LogP contribution in [0.15, 0.2) is 18.2 Å². The van der Waals surface area contributed by atoms with Crippen LogP contribution in [0.1, 0.15) is 64.2 Å². The fraction of sp³-hybridized carbons (Fsp3) is 0.611. The van der Waals surface area contributed by atoms with Gasteiger partial charge in [-0.3, -0.25) is 0 Å². The Bertz CT molecular complexity index is 492. The molecule has 0 aliphatic heterocycles. The molecule has 2 saturated carbocycles. The second-order valence-corrected chi connectivity index (χ2v) is 6.38. The summed E-state index contributed by atoms with van der Waals surface area (Å²) in [5.74, 6) is -0.0337. The summed E-state index contributed by atoms with van der Waals surface area (Å²) in [5, 5.41) is 0. The van der Waals surface area contributed by atoms with Crippen molar-refractivity contribution in [2.24, 2.45) is 11.8 Å². The predicted molar refractivity (Wildman–Crippen MR) is 77.3 cm³/mol. The Kier molecular flexibility index (Phi) is 6.19. The molecule has 2 aliphatic rings. The zero-order valence-electron chi connectivity index (χ0n) is 13.4.